The van der Waals surface area contributed by atoms with E-state index in [0.717, 1.165) is 0 Å². The summed E-state index contributed by atoms with van der Waals surface area (Å²) in [5.74, 6) is 0. The summed E-state index contributed by atoms with van der Waals surface area (Å²) < 4.78 is 0. The van der Waals surface area contributed by atoms with Gasteiger partial charge in [-0.1, -0.05) is 43.4 Å². The number of hydrogen-bond donors (Lipinski definition) is 1. The third-order valence-electron chi connectivity index (χ3n) is 4.82. The Bertz CT molecular complexity index is 593. The molecule has 1 aliphatic heterocycles. The van der Waals surface area contributed by atoms with E-state index in [0.29, 0.717) is 5.54 Å². The second kappa shape index (κ2) is 9.54. The maximum absolute atomic E-state index is 3.97. The van der Waals surface area contributed by atoms with Gasteiger partial charge in [0.2, 0.25) is 0 Å². The largest absolute Gasteiger partial charge is 0.371 e. The topological polar surface area (TPSA) is 15.3 Å². The zero-order valence-corrected chi connectivity index (χ0v) is 22.3. The molecule has 1 unspecified atom stereocenters. The number of halogens is 2. The van der Waals surface area contributed by atoms with Gasteiger partial charge in [0, 0.05) is 61.3 Å². The van der Waals surface area contributed by atoms with Crippen molar-refractivity contribution in [3.05, 3.63) is 41.5 Å². The molecule has 0 amide bonds. The minimum Gasteiger partial charge on any atom is -0.371 e. The maximum Gasteiger partial charge on any atom is 0.131 e. The van der Waals surface area contributed by atoms with Gasteiger partial charge in [0.25, 0.3) is 0 Å². The van der Waals surface area contributed by atoms with E-state index in [1.807, 2.05) is 0 Å². The summed E-state index contributed by atoms with van der Waals surface area (Å²) in [6, 6.07) is 9.06. The van der Waals surface area contributed by atoms with Crippen molar-refractivity contribution in [1.29, 1.82) is 0 Å². The predicted octanol–water partition coefficient (Wildman–Crippen LogP) is 5.19. The molecule has 2 aliphatic rings. The Morgan fingerprint density at radius 2 is 1.60 bits per heavy atom. The number of allylic oxidation sites excluding steroid dienone is 1. The van der Waals surface area contributed by atoms with Crippen LogP contribution >= 0.6 is 24.8 Å². The average Bonchev–Trinajstić information content (AvgIpc) is 3.02. The first-order chi connectivity index (χ1) is 10.3. The molecule has 25 heavy (non-hydrogen) atoms. The normalized spacial score (nSPS) is 19.3. The predicted molar refractivity (Wildman–Crippen MR) is 113 cm³/mol. The molecule has 0 aromatic heterocycles. The number of fused-ring (bicyclic) bond motifs is 1. The number of benzene rings is 1. The number of nitrogens with one attached hydrogen (secondary N) is 1. The molecule has 2 nitrogen and oxygen atoms in total. The molecule has 1 N–H and O–H groups in total. The number of hydrogen-bond acceptors (Lipinski definition) is 2. The van der Waals surface area contributed by atoms with Crippen LogP contribution in [0.4, 0.5) is 0 Å². The Morgan fingerprint density at radius 1 is 1.04 bits per heavy atom. The van der Waals surface area contributed by atoms with Gasteiger partial charge in [-0.2, -0.15) is 0 Å². The molecule has 0 spiro atoms. The Morgan fingerprint density at radius 3 is 2.16 bits per heavy atom. The Balaban J connectivity index is 0.00000192. The summed E-state index contributed by atoms with van der Waals surface area (Å²) in [5.41, 5.74) is 5.26. The van der Waals surface area contributed by atoms with Crippen LogP contribution in [0.5, 0.6) is 0 Å². The summed E-state index contributed by atoms with van der Waals surface area (Å²) >= 11 is 0. The molecule has 1 saturated heterocycles. The fourth-order valence-corrected chi connectivity index (χ4v) is 7.91. The molecule has 0 saturated carbocycles. The zero-order valence-electron chi connectivity index (χ0n) is 16.1. The summed E-state index contributed by atoms with van der Waals surface area (Å²) in [6.45, 7) is 14.3. The zero-order chi connectivity index (χ0) is 16.0. The van der Waals surface area contributed by atoms with E-state index in [9.17, 15) is 0 Å². The first-order valence-corrected chi connectivity index (χ1v) is 11.7. The molecule has 1 aliphatic carbocycles. The fraction of sp³-hybridized carbons (Fsp3) is 0.579. The van der Waals surface area contributed by atoms with Crippen molar-refractivity contribution in [2.45, 2.75) is 57.8 Å². The van der Waals surface area contributed by atoms with Crippen LogP contribution in [0.1, 0.15) is 50.3 Å². The second-order valence-electron chi connectivity index (χ2n) is 8.41. The molecule has 6 heteroatoms. The Kier molecular flexibility index (Phi) is 9.69. The summed E-state index contributed by atoms with van der Waals surface area (Å²) in [5, 5.41) is 0. The quantitative estimate of drug-likeness (QED) is 0.507. The van der Waals surface area contributed by atoms with Gasteiger partial charge < -0.3 is 9.88 Å². The number of likely N-dealkylation sites (tertiary alicyclic amines) is 1. The van der Waals surface area contributed by atoms with Gasteiger partial charge in [-0.05, 0) is 39.2 Å². The standard InChI is InChI=1S/C19H30N2Si.2ClH.Hf/c1-19(2,3)20-22(4,5)18-14-17(21-12-8-9-13-21)15-10-6-7-11-16(15)18;;;/h6-7,10-11,14,18,20H,8-9,12-13H2,1-5H3;2*1H;. The van der Waals surface area contributed by atoms with Gasteiger partial charge >= 0.3 is 0 Å². The van der Waals surface area contributed by atoms with Gasteiger partial charge in [0.05, 0.1) is 0 Å². The van der Waals surface area contributed by atoms with Gasteiger partial charge in [-0.3, -0.25) is 0 Å². The van der Waals surface area contributed by atoms with Crippen molar-refractivity contribution < 1.29 is 25.8 Å². The van der Waals surface area contributed by atoms with E-state index in [4.69, 9.17) is 0 Å². The van der Waals surface area contributed by atoms with Crippen LogP contribution in [-0.4, -0.2) is 31.8 Å². The van der Waals surface area contributed by atoms with E-state index in [-0.39, 0.29) is 56.2 Å². The molecular weight excluding hydrogens is 534 g/mol. The first kappa shape index (κ1) is 25.4. The molecule has 1 aromatic carbocycles. The third-order valence-corrected chi connectivity index (χ3v) is 8.24. The summed E-state index contributed by atoms with van der Waals surface area (Å²) in [4.78, 5) is 6.56. The van der Waals surface area contributed by atoms with Gasteiger partial charge in [0.1, 0.15) is 8.24 Å². The van der Waals surface area contributed by atoms with E-state index in [1.165, 1.54) is 42.8 Å². The van der Waals surface area contributed by atoms with Gasteiger partial charge in [0.15, 0.2) is 0 Å². The fourth-order valence-electron chi connectivity index (χ4n) is 4.21. The molecule has 3 rings (SSSR count). The smallest absolute Gasteiger partial charge is 0.131 e. The number of nitrogens with zero attached hydrogens (tertiary/aromatic N) is 1. The summed E-state index contributed by atoms with van der Waals surface area (Å²) in [7, 11) is -1.60. The molecule has 1 aromatic rings. The first-order valence-electron chi connectivity index (χ1n) is 8.63. The van der Waals surface area contributed by atoms with Crippen LogP contribution in [0.15, 0.2) is 30.3 Å². The van der Waals surface area contributed by atoms with Crippen LogP contribution in [-0.2, 0) is 25.8 Å². The Labute approximate surface area is 185 Å². The van der Waals surface area contributed by atoms with E-state index in [1.54, 1.807) is 0 Å². The van der Waals surface area contributed by atoms with Crippen molar-refractivity contribution in [1.82, 2.24) is 9.88 Å². The second-order valence-corrected chi connectivity index (χ2v) is 12.7. The van der Waals surface area contributed by atoms with Crippen molar-refractivity contribution >= 4 is 38.7 Å². The van der Waals surface area contributed by atoms with E-state index < -0.39 is 8.24 Å². The van der Waals surface area contributed by atoms with Crippen molar-refractivity contribution in [3.8, 4) is 0 Å². The Hall–Kier alpha value is 0.387. The van der Waals surface area contributed by atoms with Crippen LogP contribution in [0.2, 0.25) is 13.1 Å². The maximum atomic E-state index is 3.97. The van der Waals surface area contributed by atoms with Crippen molar-refractivity contribution in [2.75, 3.05) is 13.1 Å². The molecular formula is C19H32Cl2HfN2Si. The molecule has 0 bridgehead atoms. The molecule has 1 heterocycles. The number of rotatable bonds is 3. The average molecular weight is 566 g/mol. The molecule has 1 atom stereocenters. The monoisotopic (exact) mass is 566 g/mol. The van der Waals surface area contributed by atoms with Crippen LogP contribution in [0, 0.1) is 0 Å². The summed E-state index contributed by atoms with van der Waals surface area (Å²) in [6.07, 6.45) is 5.25. The van der Waals surface area contributed by atoms with Crippen LogP contribution < -0.4 is 4.98 Å². The molecule has 1 fully saturated rings. The van der Waals surface area contributed by atoms with Gasteiger partial charge in [-0.25, -0.2) is 0 Å². The van der Waals surface area contributed by atoms with E-state index >= 15 is 0 Å². The van der Waals surface area contributed by atoms with Crippen molar-refractivity contribution in [3.63, 3.8) is 0 Å². The minimum absolute atomic E-state index is 0. The third kappa shape index (κ3) is 5.68. The van der Waals surface area contributed by atoms with Crippen molar-refractivity contribution in [2.24, 2.45) is 0 Å². The van der Waals surface area contributed by atoms with E-state index in [2.05, 4.69) is 74.1 Å². The molecule has 140 valence electrons. The SMILES string of the molecule is CC(C)(C)N[Si](C)(C)C1C=C(N2CCCC2)c2ccccc21.Cl.Cl.[Hf]. The minimum atomic E-state index is -1.60. The van der Waals surface area contributed by atoms with Crippen LogP contribution in [0.25, 0.3) is 5.70 Å². The molecule has 0 radical (unpaired) electrons. The van der Waals surface area contributed by atoms with Gasteiger partial charge in [-0.15, -0.1) is 24.8 Å². The van der Waals surface area contributed by atoms with Crippen LogP contribution in [0.3, 0.4) is 0 Å².